The van der Waals surface area contributed by atoms with E-state index in [-0.39, 0.29) is 6.61 Å². The number of nitrogens with zero attached hydrogens (tertiary/aromatic N) is 1. The molecule has 1 aromatic carbocycles. The summed E-state index contributed by atoms with van der Waals surface area (Å²) in [6.45, 7) is 6.52. The molecule has 4 heteroatoms. The zero-order chi connectivity index (χ0) is 14.1. The first kappa shape index (κ1) is 15.6. The summed E-state index contributed by atoms with van der Waals surface area (Å²) in [5, 5.41) is 9.19. The zero-order valence-corrected chi connectivity index (χ0v) is 12.1. The monoisotopic (exact) mass is 266 g/mol. The molecule has 0 saturated heterocycles. The van der Waals surface area contributed by atoms with E-state index in [2.05, 4.69) is 18.7 Å². The maximum Gasteiger partial charge on any atom is 0.144 e. The number of ether oxygens (including phenoxy) is 1. The fourth-order valence-corrected chi connectivity index (χ4v) is 1.97. The Bertz CT molecular complexity index is 369. The van der Waals surface area contributed by atoms with Crippen LogP contribution in [0.4, 0.5) is 11.4 Å². The molecule has 0 bridgehead atoms. The summed E-state index contributed by atoms with van der Waals surface area (Å²) < 4.78 is 5.65. The third kappa shape index (κ3) is 4.63. The van der Waals surface area contributed by atoms with Crippen molar-refractivity contribution in [2.45, 2.75) is 33.1 Å². The lowest BCUT2D eigenvalue weighted by Gasteiger charge is -2.26. The van der Waals surface area contributed by atoms with E-state index in [1.807, 2.05) is 18.2 Å². The number of benzene rings is 1. The number of para-hydroxylation sites is 1. The summed E-state index contributed by atoms with van der Waals surface area (Å²) in [5.41, 5.74) is 7.80. The van der Waals surface area contributed by atoms with Crippen molar-refractivity contribution >= 4 is 11.4 Å². The molecule has 1 rings (SSSR count). The smallest absolute Gasteiger partial charge is 0.144 e. The molecule has 0 spiro atoms. The highest BCUT2D eigenvalue weighted by Crippen LogP contribution is 2.32. The summed E-state index contributed by atoms with van der Waals surface area (Å²) >= 11 is 0. The molecular formula is C15H26N2O2. The second-order valence-corrected chi connectivity index (χ2v) is 4.60. The molecule has 0 unspecified atom stereocenters. The van der Waals surface area contributed by atoms with Gasteiger partial charge in [-0.2, -0.15) is 0 Å². The van der Waals surface area contributed by atoms with Gasteiger partial charge in [-0.15, -0.1) is 0 Å². The Morgan fingerprint density at radius 1 is 1.21 bits per heavy atom. The minimum Gasteiger partial charge on any atom is -0.491 e. The third-order valence-corrected chi connectivity index (χ3v) is 3.00. The fraction of sp³-hybridized carbons (Fsp3) is 0.600. The van der Waals surface area contributed by atoms with Crippen LogP contribution in [0.1, 0.15) is 33.1 Å². The number of hydrogen-bond donors (Lipinski definition) is 2. The van der Waals surface area contributed by atoms with Gasteiger partial charge in [0.25, 0.3) is 0 Å². The molecule has 0 atom stereocenters. The molecule has 0 aromatic heterocycles. The number of hydrogen-bond acceptors (Lipinski definition) is 4. The van der Waals surface area contributed by atoms with Crippen molar-refractivity contribution in [2.24, 2.45) is 0 Å². The second kappa shape index (κ2) is 8.64. The normalized spacial score (nSPS) is 10.5. The van der Waals surface area contributed by atoms with Crippen LogP contribution in [-0.4, -0.2) is 31.4 Å². The first-order valence-corrected chi connectivity index (χ1v) is 7.11. The van der Waals surface area contributed by atoms with Crippen molar-refractivity contribution in [2.75, 3.05) is 36.9 Å². The summed E-state index contributed by atoms with van der Waals surface area (Å²) in [5.74, 6) is 0.735. The molecule has 3 N–H and O–H groups in total. The highest BCUT2D eigenvalue weighted by molar-refractivity contribution is 5.74. The van der Waals surface area contributed by atoms with Crippen molar-refractivity contribution in [1.29, 1.82) is 0 Å². The first-order chi connectivity index (χ1) is 9.24. The zero-order valence-electron chi connectivity index (χ0n) is 12.1. The quantitative estimate of drug-likeness (QED) is 0.675. The molecule has 4 nitrogen and oxygen atoms in total. The molecule has 0 aliphatic heterocycles. The largest absolute Gasteiger partial charge is 0.491 e. The summed E-state index contributed by atoms with van der Waals surface area (Å²) in [6, 6.07) is 5.83. The number of nitrogens with two attached hydrogens (primary N) is 1. The van der Waals surface area contributed by atoms with Gasteiger partial charge in [0.05, 0.1) is 24.6 Å². The predicted molar refractivity (Wildman–Crippen MR) is 80.8 cm³/mol. The molecule has 0 aliphatic rings. The van der Waals surface area contributed by atoms with E-state index in [4.69, 9.17) is 10.5 Å². The summed E-state index contributed by atoms with van der Waals surface area (Å²) in [6.07, 6.45) is 3.16. The number of aliphatic hydroxyl groups excluding tert-OH is 1. The SMILES string of the molecule is CCCCN(CCO)c1cccc(OCCC)c1N. The molecule has 0 amide bonds. The number of unbranched alkanes of at least 4 members (excludes halogenated alkanes) is 1. The van der Waals surface area contributed by atoms with Gasteiger partial charge >= 0.3 is 0 Å². The van der Waals surface area contributed by atoms with Crippen molar-refractivity contribution in [3.8, 4) is 5.75 Å². The predicted octanol–water partition coefficient (Wildman–Crippen LogP) is 2.66. The third-order valence-electron chi connectivity index (χ3n) is 3.00. The van der Waals surface area contributed by atoms with Crippen LogP contribution < -0.4 is 15.4 Å². The lowest BCUT2D eigenvalue weighted by molar-refractivity contribution is 0.301. The highest BCUT2D eigenvalue weighted by atomic mass is 16.5. The van der Waals surface area contributed by atoms with E-state index in [9.17, 15) is 5.11 Å². The average molecular weight is 266 g/mol. The van der Waals surface area contributed by atoms with Crippen molar-refractivity contribution in [3.05, 3.63) is 18.2 Å². The van der Waals surface area contributed by atoms with Crippen LogP contribution in [0.2, 0.25) is 0 Å². The molecule has 0 heterocycles. The van der Waals surface area contributed by atoms with Gasteiger partial charge in [-0.25, -0.2) is 0 Å². The van der Waals surface area contributed by atoms with E-state index in [1.165, 1.54) is 0 Å². The van der Waals surface area contributed by atoms with E-state index in [0.29, 0.717) is 18.8 Å². The molecular weight excluding hydrogens is 240 g/mol. The fourth-order valence-electron chi connectivity index (χ4n) is 1.97. The van der Waals surface area contributed by atoms with Gasteiger partial charge in [0, 0.05) is 13.1 Å². The Kier molecular flexibility index (Phi) is 7.11. The maximum absolute atomic E-state index is 9.19. The number of rotatable bonds is 9. The Morgan fingerprint density at radius 2 is 2.00 bits per heavy atom. The van der Waals surface area contributed by atoms with Gasteiger partial charge in [0.1, 0.15) is 5.75 Å². The molecule has 0 aliphatic carbocycles. The lowest BCUT2D eigenvalue weighted by Crippen LogP contribution is -2.28. The lowest BCUT2D eigenvalue weighted by atomic mass is 10.2. The van der Waals surface area contributed by atoms with Gasteiger partial charge in [-0.3, -0.25) is 0 Å². The molecule has 108 valence electrons. The maximum atomic E-state index is 9.19. The Morgan fingerprint density at radius 3 is 2.63 bits per heavy atom. The van der Waals surface area contributed by atoms with Crippen molar-refractivity contribution in [1.82, 2.24) is 0 Å². The van der Waals surface area contributed by atoms with Gasteiger partial charge in [-0.1, -0.05) is 26.3 Å². The van der Waals surface area contributed by atoms with Gasteiger partial charge in [0.15, 0.2) is 0 Å². The van der Waals surface area contributed by atoms with Gasteiger partial charge < -0.3 is 20.5 Å². The van der Waals surface area contributed by atoms with Crippen LogP contribution in [0, 0.1) is 0 Å². The van der Waals surface area contributed by atoms with Crippen LogP contribution in [0.15, 0.2) is 18.2 Å². The van der Waals surface area contributed by atoms with Gasteiger partial charge in [-0.05, 0) is 25.0 Å². The second-order valence-electron chi connectivity index (χ2n) is 4.60. The molecule has 19 heavy (non-hydrogen) atoms. The minimum atomic E-state index is 0.128. The van der Waals surface area contributed by atoms with E-state index in [1.54, 1.807) is 0 Å². The van der Waals surface area contributed by atoms with Crippen LogP contribution in [0.3, 0.4) is 0 Å². The van der Waals surface area contributed by atoms with Crippen LogP contribution >= 0.6 is 0 Å². The number of nitrogen functional groups attached to an aromatic ring is 1. The van der Waals surface area contributed by atoms with Crippen molar-refractivity contribution < 1.29 is 9.84 Å². The van der Waals surface area contributed by atoms with Crippen LogP contribution in [0.25, 0.3) is 0 Å². The van der Waals surface area contributed by atoms with E-state index < -0.39 is 0 Å². The standard InChI is InChI=1S/C15H26N2O2/c1-3-5-9-17(10-11-18)13-7-6-8-14(15(13)16)19-12-4-2/h6-8,18H,3-5,9-12,16H2,1-2H3. The Labute approximate surface area is 116 Å². The number of aliphatic hydroxyl groups is 1. The molecule has 1 aromatic rings. The topological polar surface area (TPSA) is 58.7 Å². The molecule has 0 fully saturated rings. The summed E-state index contributed by atoms with van der Waals surface area (Å²) in [7, 11) is 0. The minimum absolute atomic E-state index is 0.128. The van der Waals surface area contributed by atoms with Crippen LogP contribution in [-0.2, 0) is 0 Å². The first-order valence-electron chi connectivity index (χ1n) is 7.11. The Hall–Kier alpha value is -1.42. The van der Waals surface area contributed by atoms with Crippen LogP contribution in [0.5, 0.6) is 5.75 Å². The summed E-state index contributed by atoms with van der Waals surface area (Å²) in [4.78, 5) is 2.12. The molecule has 0 radical (unpaired) electrons. The average Bonchev–Trinajstić information content (AvgIpc) is 2.42. The van der Waals surface area contributed by atoms with E-state index in [0.717, 1.165) is 37.2 Å². The van der Waals surface area contributed by atoms with E-state index >= 15 is 0 Å². The Balaban J connectivity index is 2.88. The highest BCUT2D eigenvalue weighted by Gasteiger charge is 2.12. The molecule has 0 saturated carbocycles. The van der Waals surface area contributed by atoms with Crippen molar-refractivity contribution in [3.63, 3.8) is 0 Å². The van der Waals surface area contributed by atoms with Gasteiger partial charge in [0.2, 0.25) is 0 Å². The number of anilines is 2.